The van der Waals surface area contributed by atoms with E-state index in [0.717, 1.165) is 34.6 Å². The van der Waals surface area contributed by atoms with Crippen LogP contribution in [0.2, 0.25) is 0 Å². The number of rotatable bonds is 4. The zero-order valence-corrected chi connectivity index (χ0v) is 11.6. The molecular formula is C17H18O3. The molecule has 2 aromatic rings. The Bertz CT molecular complexity index is 605. The van der Waals surface area contributed by atoms with E-state index >= 15 is 0 Å². The standard InChI is InChI=1S/C17H18O3/c1-12-14(10-18)9-16(17-15(12)7-8-19-17)20-11-13-5-3-2-4-6-13/h2-6,9,18H,7-8,10-11H2,1H3. The van der Waals surface area contributed by atoms with Gasteiger partial charge in [-0.15, -0.1) is 0 Å². The summed E-state index contributed by atoms with van der Waals surface area (Å²) >= 11 is 0. The molecule has 2 aromatic carbocycles. The van der Waals surface area contributed by atoms with Gasteiger partial charge in [-0.2, -0.15) is 0 Å². The minimum Gasteiger partial charge on any atom is -0.489 e. The summed E-state index contributed by atoms with van der Waals surface area (Å²) in [5, 5.41) is 9.46. The predicted octanol–water partition coefficient (Wildman–Crippen LogP) is 3.00. The Morgan fingerprint density at radius 3 is 2.80 bits per heavy atom. The maximum Gasteiger partial charge on any atom is 0.164 e. The number of aliphatic hydroxyl groups is 1. The number of fused-ring (bicyclic) bond motifs is 1. The van der Waals surface area contributed by atoms with Crippen molar-refractivity contribution in [1.82, 2.24) is 0 Å². The van der Waals surface area contributed by atoms with Gasteiger partial charge < -0.3 is 14.6 Å². The van der Waals surface area contributed by atoms with Crippen molar-refractivity contribution in [3.8, 4) is 11.5 Å². The molecule has 0 radical (unpaired) electrons. The van der Waals surface area contributed by atoms with Crippen LogP contribution in [0.3, 0.4) is 0 Å². The Hall–Kier alpha value is -2.00. The van der Waals surface area contributed by atoms with Crippen molar-refractivity contribution in [1.29, 1.82) is 0 Å². The Morgan fingerprint density at radius 1 is 1.25 bits per heavy atom. The van der Waals surface area contributed by atoms with Gasteiger partial charge in [0.2, 0.25) is 0 Å². The molecule has 0 atom stereocenters. The van der Waals surface area contributed by atoms with Crippen molar-refractivity contribution in [2.45, 2.75) is 26.6 Å². The molecule has 1 heterocycles. The second-order valence-electron chi connectivity index (χ2n) is 5.00. The second kappa shape index (κ2) is 5.55. The van der Waals surface area contributed by atoms with E-state index in [1.807, 2.05) is 43.3 Å². The summed E-state index contributed by atoms with van der Waals surface area (Å²) in [6.07, 6.45) is 0.886. The predicted molar refractivity (Wildman–Crippen MR) is 77.1 cm³/mol. The first-order chi connectivity index (χ1) is 9.79. The van der Waals surface area contributed by atoms with Crippen LogP contribution in [-0.2, 0) is 19.6 Å². The van der Waals surface area contributed by atoms with Gasteiger partial charge in [0.15, 0.2) is 11.5 Å². The van der Waals surface area contributed by atoms with Crippen LogP contribution in [0.15, 0.2) is 36.4 Å². The van der Waals surface area contributed by atoms with Crippen molar-refractivity contribution in [2.24, 2.45) is 0 Å². The number of ether oxygens (including phenoxy) is 2. The molecule has 1 N–H and O–H groups in total. The van der Waals surface area contributed by atoms with Gasteiger partial charge in [-0.1, -0.05) is 30.3 Å². The first-order valence-electron chi connectivity index (χ1n) is 6.85. The molecule has 0 aromatic heterocycles. The van der Waals surface area contributed by atoms with Gasteiger partial charge in [0.25, 0.3) is 0 Å². The smallest absolute Gasteiger partial charge is 0.164 e. The molecule has 0 unspecified atom stereocenters. The number of benzene rings is 2. The monoisotopic (exact) mass is 270 g/mol. The van der Waals surface area contributed by atoms with Crippen molar-refractivity contribution < 1.29 is 14.6 Å². The van der Waals surface area contributed by atoms with E-state index in [1.54, 1.807) is 0 Å². The summed E-state index contributed by atoms with van der Waals surface area (Å²) in [7, 11) is 0. The lowest BCUT2D eigenvalue weighted by Crippen LogP contribution is -2.00. The highest BCUT2D eigenvalue weighted by molar-refractivity contribution is 5.55. The Morgan fingerprint density at radius 2 is 2.05 bits per heavy atom. The summed E-state index contributed by atoms with van der Waals surface area (Å²) in [6.45, 7) is 3.25. The molecule has 3 heteroatoms. The highest BCUT2D eigenvalue weighted by atomic mass is 16.5. The zero-order valence-electron chi connectivity index (χ0n) is 11.6. The zero-order chi connectivity index (χ0) is 13.9. The SMILES string of the molecule is Cc1c(CO)cc(OCc2ccccc2)c2c1CCO2. The number of hydrogen-bond donors (Lipinski definition) is 1. The molecule has 1 aliphatic rings. The van der Waals surface area contributed by atoms with Crippen LogP contribution in [0.5, 0.6) is 11.5 Å². The van der Waals surface area contributed by atoms with Crippen LogP contribution in [0.1, 0.15) is 22.3 Å². The molecule has 0 saturated heterocycles. The Labute approximate surface area is 118 Å². The molecule has 20 heavy (non-hydrogen) atoms. The van der Waals surface area contributed by atoms with E-state index in [-0.39, 0.29) is 6.61 Å². The van der Waals surface area contributed by atoms with Gasteiger partial charge in [-0.3, -0.25) is 0 Å². The normalized spacial score (nSPS) is 12.9. The van der Waals surface area contributed by atoms with E-state index in [4.69, 9.17) is 9.47 Å². The van der Waals surface area contributed by atoms with Crippen molar-refractivity contribution >= 4 is 0 Å². The summed E-state index contributed by atoms with van der Waals surface area (Å²) < 4.78 is 11.6. The fraction of sp³-hybridized carbons (Fsp3) is 0.294. The minimum atomic E-state index is 0.0286. The van der Waals surface area contributed by atoms with Crippen LogP contribution in [0, 0.1) is 6.92 Å². The molecule has 1 aliphatic heterocycles. The first-order valence-corrected chi connectivity index (χ1v) is 6.85. The Kier molecular flexibility index (Phi) is 3.61. The maximum absolute atomic E-state index is 9.46. The summed E-state index contributed by atoms with van der Waals surface area (Å²) in [5.41, 5.74) is 4.31. The van der Waals surface area contributed by atoms with E-state index in [2.05, 4.69) is 0 Å². The van der Waals surface area contributed by atoms with Gasteiger partial charge in [-0.25, -0.2) is 0 Å². The first kappa shape index (κ1) is 13.0. The lowest BCUT2D eigenvalue weighted by atomic mass is 10.00. The topological polar surface area (TPSA) is 38.7 Å². The van der Waals surface area contributed by atoms with Gasteiger partial charge in [0.05, 0.1) is 13.2 Å². The molecule has 0 aliphatic carbocycles. The van der Waals surface area contributed by atoms with E-state index in [0.29, 0.717) is 13.2 Å². The molecule has 3 nitrogen and oxygen atoms in total. The quantitative estimate of drug-likeness (QED) is 0.928. The van der Waals surface area contributed by atoms with Gasteiger partial charge in [0.1, 0.15) is 6.61 Å². The maximum atomic E-state index is 9.46. The third kappa shape index (κ3) is 2.37. The van der Waals surface area contributed by atoms with E-state index in [1.165, 1.54) is 5.56 Å². The fourth-order valence-corrected chi connectivity index (χ4v) is 2.57. The van der Waals surface area contributed by atoms with Crippen molar-refractivity contribution in [3.63, 3.8) is 0 Å². The number of hydrogen-bond acceptors (Lipinski definition) is 3. The lowest BCUT2D eigenvalue weighted by Gasteiger charge is -2.14. The van der Waals surface area contributed by atoms with Crippen LogP contribution in [0.25, 0.3) is 0 Å². The van der Waals surface area contributed by atoms with Crippen molar-refractivity contribution in [3.05, 3.63) is 58.7 Å². The highest BCUT2D eigenvalue weighted by Gasteiger charge is 2.22. The molecule has 0 saturated carbocycles. The lowest BCUT2D eigenvalue weighted by molar-refractivity contribution is 0.268. The van der Waals surface area contributed by atoms with Crippen molar-refractivity contribution in [2.75, 3.05) is 6.61 Å². The Balaban J connectivity index is 1.88. The molecule has 104 valence electrons. The minimum absolute atomic E-state index is 0.0286. The molecule has 3 rings (SSSR count). The average Bonchev–Trinajstić information content (AvgIpc) is 2.98. The largest absolute Gasteiger partial charge is 0.489 e. The average molecular weight is 270 g/mol. The molecule has 0 amide bonds. The van der Waals surface area contributed by atoms with Crippen LogP contribution in [0.4, 0.5) is 0 Å². The van der Waals surface area contributed by atoms with Crippen LogP contribution < -0.4 is 9.47 Å². The third-order valence-corrected chi connectivity index (χ3v) is 3.74. The highest BCUT2D eigenvalue weighted by Crippen LogP contribution is 2.40. The molecule has 0 bridgehead atoms. The molecule has 0 spiro atoms. The van der Waals surface area contributed by atoms with E-state index < -0.39 is 0 Å². The molecule has 0 fully saturated rings. The summed E-state index contributed by atoms with van der Waals surface area (Å²) in [5.74, 6) is 1.58. The van der Waals surface area contributed by atoms with Crippen LogP contribution in [-0.4, -0.2) is 11.7 Å². The van der Waals surface area contributed by atoms with Gasteiger partial charge in [0, 0.05) is 12.0 Å². The van der Waals surface area contributed by atoms with Crippen LogP contribution >= 0.6 is 0 Å². The van der Waals surface area contributed by atoms with Gasteiger partial charge >= 0.3 is 0 Å². The van der Waals surface area contributed by atoms with E-state index in [9.17, 15) is 5.11 Å². The second-order valence-corrected chi connectivity index (χ2v) is 5.00. The summed E-state index contributed by atoms with van der Waals surface area (Å²) in [4.78, 5) is 0. The third-order valence-electron chi connectivity index (χ3n) is 3.74. The number of aliphatic hydroxyl groups excluding tert-OH is 1. The fourth-order valence-electron chi connectivity index (χ4n) is 2.57. The van der Waals surface area contributed by atoms with Gasteiger partial charge in [-0.05, 0) is 29.7 Å². The summed E-state index contributed by atoms with van der Waals surface area (Å²) in [6, 6.07) is 11.9. The molecular weight excluding hydrogens is 252 g/mol.